The van der Waals surface area contributed by atoms with Crippen molar-refractivity contribution in [3.8, 4) is 11.4 Å². The summed E-state index contributed by atoms with van der Waals surface area (Å²) in [4.78, 5) is 16.2. The molecule has 0 aliphatic heterocycles. The van der Waals surface area contributed by atoms with E-state index in [0.717, 1.165) is 12.8 Å². The van der Waals surface area contributed by atoms with Gasteiger partial charge in [-0.15, -0.1) is 0 Å². The van der Waals surface area contributed by atoms with Crippen LogP contribution in [0, 0.1) is 5.41 Å². The van der Waals surface area contributed by atoms with Crippen LogP contribution in [0.3, 0.4) is 0 Å². The van der Waals surface area contributed by atoms with E-state index in [1.54, 1.807) is 12.4 Å². The van der Waals surface area contributed by atoms with Gasteiger partial charge in [0.25, 0.3) is 0 Å². The second-order valence-corrected chi connectivity index (χ2v) is 6.18. The molecular weight excluding hydrogens is 294 g/mol. The first-order valence-corrected chi connectivity index (χ1v) is 7.62. The fraction of sp³-hybridized carbons (Fsp3) is 0.438. The molecule has 0 bridgehead atoms. The molecule has 0 aromatic carbocycles. The standard InChI is InChI=1S/C16H23N5O2/c1-16(2,11-22)7-5-9-18-15(23)20-13-10-19-21-14(13)12-6-3-4-8-17-12/h3-4,6,8,10,22H,5,7,9,11H2,1-2H3,(H,19,21)(H2,18,20,23). The van der Waals surface area contributed by atoms with Gasteiger partial charge in [0.05, 0.1) is 17.6 Å². The van der Waals surface area contributed by atoms with Gasteiger partial charge in [0, 0.05) is 19.3 Å². The smallest absolute Gasteiger partial charge is 0.319 e. The highest BCUT2D eigenvalue weighted by Gasteiger charge is 2.16. The fourth-order valence-corrected chi connectivity index (χ4v) is 2.10. The average Bonchev–Trinajstić information content (AvgIpc) is 3.00. The number of aromatic nitrogens is 3. The normalized spacial score (nSPS) is 11.3. The van der Waals surface area contributed by atoms with Crippen LogP contribution in [-0.2, 0) is 0 Å². The van der Waals surface area contributed by atoms with Crippen LogP contribution in [0.25, 0.3) is 11.4 Å². The minimum absolute atomic E-state index is 0.116. The van der Waals surface area contributed by atoms with Crippen LogP contribution < -0.4 is 10.6 Å². The van der Waals surface area contributed by atoms with E-state index >= 15 is 0 Å². The van der Waals surface area contributed by atoms with E-state index in [-0.39, 0.29) is 18.1 Å². The second kappa shape index (κ2) is 7.73. The molecule has 23 heavy (non-hydrogen) atoms. The van der Waals surface area contributed by atoms with Crippen molar-refractivity contribution >= 4 is 11.7 Å². The summed E-state index contributed by atoms with van der Waals surface area (Å²) < 4.78 is 0. The number of hydrogen-bond donors (Lipinski definition) is 4. The number of nitrogens with one attached hydrogen (secondary N) is 3. The maximum absolute atomic E-state index is 12.0. The zero-order valence-electron chi connectivity index (χ0n) is 13.5. The molecule has 2 amide bonds. The van der Waals surface area contributed by atoms with Crippen molar-refractivity contribution in [3.63, 3.8) is 0 Å². The van der Waals surface area contributed by atoms with Crippen LogP contribution in [0.15, 0.2) is 30.6 Å². The van der Waals surface area contributed by atoms with Gasteiger partial charge in [-0.25, -0.2) is 4.79 Å². The van der Waals surface area contributed by atoms with Gasteiger partial charge in [0.15, 0.2) is 0 Å². The van der Waals surface area contributed by atoms with Gasteiger partial charge >= 0.3 is 6.03 Å². The number of aromatic amines is 1. The molecule has 0 radical (unpaired) electrons. The number of amides is 2. The molecule has 0 fully saturated rings. The number of carbonyl (C=O) groups excluding carboxylic acids is 1. The highest BCUT2D eigenvalue weighted by molar-refractivity contribution is 5.92. The van der Waals surface area contributed by atoms with Gasteiger partial charge in [0.2, 0.25) is 0 Å². The van der Waals surface area contributed by atoms with Gasteiger partial charge in [0.1, 0.15) is 5.69 Å². The molecule has 124 valence electrons. The van der Waals surface area contributed by atoms with Crippen molar-refractivity contribution < 1.29 is 9.90 Å². The van der Waals surface area contributed by atoms with Gasteiger partial charge in [-0.05, 0) is 30.4 Å². The summed E-state index contributed by atoms with van der Waals surface area (Å²) in [6.45, 7) is 4.68. The summed E-state index contributed by atoms with van der Waals surface area (Å²) in [6, 6.07) is 5.25. The monoisotopic (exact) mass is 317 g/mol. The molecule has 4 N–H and O–H groups in total. The summed E-state index contributed by atoms with van der Waals surface area (Å²) in [7, 11) is 0. The number of hydrogen-bond acceptors (Lipinski definition) is 4. The molecule has 0 atom stereocenters. The van der Waals surface area contributed by atoms with Crippen molar-refractivity contribution in [2.45, 2.75) is 26.7 Å². The average molecular weight is 317 g/mol. The Morgan fingerprint density at radius 1 is 1.39 bits per heavy atom. The Kier molecular flexibility index (Phi) is 5.70. The lowest BCUT2D eigenvalue weighted by atomic mass is 9.89. The number of nitrogens with zero attached hydrogens (tertiary/aromatic N) is 2. The highest BCUT2D eigenvalue weighted by Crippen LogP contribution is 2.23. The Morgan fingerprint density at radius 2 is 2.22 bits per heavy atom. The van der Waals surface area contributed by atoms with Crippen molar-refractivity contribution in [1.82, 2.24) is 20.5 Å². The lowest BCUT2D eigenvalue weighted by molar-refractivity contribution is 0.148. The Balaban J connectivity index is 1.84. The highest BCUT2D eigenvalue weighted by atomic mass is 16.3. The third-order valence-electron chi connectivity index (χ3n) is 3.55. The number of aliphatic hydroxyl groups excluding tert-OH is 1. The fourth-order valence-electron chi connectivity index (χ4n) is 2.10. The van der Waals surface area contributed by atoms with Gasteiger partial charge in [-0.2, -0.15) is 5.10 Å². The first kappa shape index (κ1) is 17.0. The van der Waals surface area contributed by atoms with Gasteiger partial charge < -0.3 is 15.7 Å². The molecule has 0 unspecified atom stereocenters. The molecule has 0 saturated carbocycles. The van der Waals surface area contributed by atoms with Gasteiger partial charge in [-0.1, -0.05) is 19.9 Å². The van der Waals surface area contributed by atoms with E-state index in [2.05, 4.69) is 25.8 Å². The molecular formula is C16H23N5O2. The number of carbonyl (C=O) groups is 1. The van der Waals surface area contributed by atoms with E-state index in [1.807, 2.05) is 32.0 Å². The van der Waals surface area contributed by atoms with Crippen molar-refractivity contribution in [2.24, 2.45) is 5.41 Å². The summed E-state index contributed by atoms with van der Waals surface area (Å²) >= 11 is 0. The van der Waals surface area contributed by atoms with Crippen molar-refractivity contribution in [2.75, 3.05) is 18.5 Å². The van der Waals surface area contributed by atoms with E-state index < -0.39 is 0 Å². The minimum Gasteiger partial charge on any atom is -0.396 e. The van der Waals surface area contributed by atoms with Crippen LogP contribution in [0.2, 0.25) is 0 Å². The lowest BCUT2D eigenvalue weighted by Crippen LogP contribution is -2.30. The molecule has 2 aromatic rings. The van der Waals surface area contributed by atoms with Crippen LogP contribution in [0.4, 0.5) is 10.5 Å². The predicted octanol–water partition coefficient (Wildman–Crippen LogP) is 2.39. The second-order valence-electron chi connectivity index (χ2n) is 6.18. The quantitative estimate of drug-likeness (QED) is 0.589. The van der Waals surface area contributed by atoms with Crippen molar-refractivity contribution in [3.05, 3.63) is 30.6 Å². The van der Waals surface area contributed by atoms with E-state index in [1.165, 1.54) is 0 Å². The number of pyridine rings is 1. The Hall–Kier alpha value is -2.41. The van der Waals surface area contributed by atoms with E-state index in [0.29, 0.717) is 23.6 Å². The largest absolute Gasteiger partial charge is 0.396 e. The Labute approximate surface area is 135 Å². The van der Waals surface area contributed by atoms with Gasteiger partial charge in [-0.3, -0.25) is 10.1 Å². The zero-order valence-corrected chi connectivity index (χ0v) is 13.5. The summed E-state index contributed by atoms with van der Waals surface area (Å²) in [5.41, 5.74) is 1.85. The molecule has 0 saturated heterocycles. The number of aliphatic hydroxyl groups is 1. The molecule has 2 aromatic heterocycles. The summed E-state index contributed by atoms with van der Waals surface area (Å²) in [6.07, 6.45) is 4.88. The Bertz CT molecular complexity index is 624. The number of rotatable bonds is 7. The predicted molar refractivity (Wildman–Crippen MR) is 88.9 cm³/mol. The first-order valence-electron chi connectivity index (χ1n) is 7.62. The lowest BCUT2D eigenvalue weighted by Gasteiger charge is -2.21. The first-order chi connectivity index (χ1) is 11.0. The van der Waals surface area contributed by atoms with Crippen LogP contribution in [-0.4, -0.2) is 39.5 Å². The molecule has 2 rings (SSSR count). The topological polar surface area (TPSA) is 103 Å². The number of H-pyrrole nitrogens is 1. The van der Waals surface area contributed by atoms with E-state index in [9.17, 15) is 9.90 Å². The molecule has 2 heterocycles. The molecule has 7 heteroatoms. The summed E-state index contributed by atoms with van der Waals surface area (Å²) in [5, 5.41) is 21.6. The minimum atomic E-state index is -0.287. The Morgan fingerprint density at radius 3 is 2.91 bits per heavy atom. The van der Waals surface area contributed by atoms with E-state index in [4.69, 9.17) is 0 Å². The van der Waals surface area contributed by atoms with Crippen LogP contribution in [0.1, 0.15) is 26.7 Å². The SMILES string of the molecule is CC(C)(CO)CCCNC(=O)Nc1cn[nH]c1-c1ccccn1. The summed E-state index contributed by atoms with van der Waals surface area (Å²) in [5.74, 6) is 0. The third-order valence-corrected chi connectivity index (χ3v) is 3.55. The number of urea groups is 1. The molecule has 0 spiro atoms. The molecule has 0 aliphatic rings. The van der Waals surface area contributed by atoms with Crippen LogP contribution >= 0.6 is 0 Å². The number of anilines is 1. The third kappa shape index (κ3) is 5.07. The maximum atomic E-state index is 12.0. The van der Waals surface area contributed by atoms with Crippen molar-refractivity contribution in [1.29, 1.82) is 0 Å². The zero-order chi connectivity index (χ0) is 16.7. The molecule has 0 aliphatic carbocycles. The molecule has 7 nitrogen and oxygen atoms in total. The van der Waals surface area contributed by atoms with Crippen LogP contribution in [0.5, 0.6) is 0 Å². The maximum Gasteiger partial charge on any atom is 0.319 e.